The Hall–Kier alpha value is -0.800. The number of hydrogen-bond donors (Lipinski definition) is 1. The number of benzene rings is 1. The van der Waals surface area contributed by atoms with E-state index in [0.717, 1.165) is 28.9 Å². The summed E-state index contributed by atoms with van der Waals surface area (Å²) in [6.45, 7) is 15.0. The molecule has 1 aromatic carbocycles. The van der Waals surface area contributed by atoms with Crippen LogP contribution in [0.5, 0.6) is 0 Å². The van der Waals surface area contributed by atoms with Gasteiger partial charge in [-0.05, 0) is 35.6 Å². The van der Waals surface area contributed by atoms with Crippen molar-refractivity contribution in [1.82, 2.24) is 5.32 Å². The molecule has 0 bridgehead atoms. The monoisotopic (exact) mass is 351 g/mol. The maximum absolute atomic E-state index is 6.29. The maximum atomic E-state index is 6.29. The number of hydrogen-bond acceptors (Lipinski definition) is 2. The smallest absolute Gasteiger partial charge is 0.138 e. The van der Waals surface area contributed by atoms with E-state index in [0.29, 0.717) is 5.92 Å². The fraction of sp³-hybridized carbons (Fsp3) is 0.556. The lowest BCUT2D eigenvalue weighted by molar-refractivity contribution is 0.485. The number of fused-ring (bicyclic) bond motifs is 1. The van der Waals surface area contributed by atoms with Gasteiger partial charge in [-0.1, -0.05) is 57.5 Å². The van der Waals surface area contributed by atoms with Crippen LogP contribution in [0.3, 0.4) is 0 Å². The largest absolute Gasteiger partial charge is 0.459 e. The Balaban J connectivity index is 2.76. The van der Waals surface area contributed by atoms with Crippen molar-refractivity contribution in [3.05, 3.63) is 33.5 Å². The molecule has 2 nitrogen and oxygen atoms in total. The molecule has 0 atom stereocenters. The fourth-order valence-electron chi connectivity index (χ4n) is 2.85. The summed E-state index contributed by atoms with van der Waals surface area (Å²) >= 11 is 3.66. The Morgan fingerprint density at radius 2 is 1.90 bits per heavy atom. The summed E-state index contributed by atoms with van der Waals surface area (Å²) in [6, 6.07) is 4.38. The Bertz CT molecular complexity index is 635. The van der Waals surface area contributed by atoms with E-state index in [2.05, 4.69) is 74.9 Å². The molecule has 0 saturated heterocycles. The second kappa shape index (κ2) is 6.13. The van der Waals surface area contributed by atoms with E-state index in [9.17, 15) is 0 Å². The minimum Gasteiger partial charge on any atom is -0.459 e. The van der Waals surface area contributed by atoms with Crippen LogP contribution in [0.2, 0.25) is 0 Å². The van der Waals surface area contributed by atoms with Gasteiger partial charge < -0.3 is 9.73 Å². The van der Waals surface area contributed by atoms with Crippen molar-refractivity contribution in [2.75, 3.05) is 6.54 Å². The average Bonchev–Trinajstić information content (AvgIpc) is 2.72. The Labute approximate surface area is 136 Å². The maximum Gasteiger partial charge on any atom is 0.138 e. The Morgan fingerprint density at radius 3 is 2.43 bits per heavy atom. The molecule has 2 aromatic rings. The van der Waals surface area contributed by atoms with Gasteiger partial charge in [0.2, 0.25) is 0 Å². The first-order valence-corrected chi connectivity index (χ1v) is 8.51. The SMILES string of the molecule is CCNCc1oc2c(C(C)C)cc(Br)cc2c1C(C)(C)C. The minimum atomic E-state index is 0.0606. The van der Waals surface area contributed by atoms with E-state index >= 15 is 0 Å². The van der Waals surface area contributed by atoms with Gasteiger partial charge in [0.15, 0.2) is 0 Å². The molecular weight excluding hydrogens is 326 g/mol. The third-order valence-electron chi connectivity index (χ3n) is 3.76. The van der Waals surface area contributed by atoms with E-state index in [1.807, 2.05) is 0 Å². The van der Waals surface area contributed by atoms with Crippen molar-refractivity contribution < 1.29 is 4.42 Å². The predicted octanol–water partition coefficient (Wildman–Crippen LogP) is 5.73. The number of furan rings is 1. The molecule has 0 saturated carbocycles. The van der Waals surface area contributed by atoms with Gasteiger partial charge in [-0.2, -0.15) is 0 Å². The highest BCUT2D eigenvalue weighted by atomic mass is 79.9. The first-order chi connectivity index (χ1) is 9.75. The number of nitrogens with one attached hydrogen (secondary N) is 1. The lowest BCUT2D eigenvalue weighted by Crippen LogP contribution is -2.18. The topological polar surface area (TPSA) is 25.2 Å². The Kier molecular flexibility index (Phi) is 4.84. The van der Waals surface area contributed by atoms with Crippen molar-refractivity contribution >= 4 is 26.9 Å². The normalized spacial score (nSPS) is 12.6. The van der Waals surface area contributed by atoms with Crippen LogP contribution < -0.4 is 5.32 Å². The van der Waals surface area contributed by atoms with Crippen molar-refractivity contribution in [2.45, 2.75) is 59.4 Å². The van der Waals surface area contributed by atoms with Crippen molar-refractivity contribution in [1.29, 1.82) is 0 Å². The van der Waals surface area contributed by atoms with Crippen LogP contribution in [0.15, 0.2) is 21.0 Å². The standard InChI is InChI=1S/C18H26BrNO/c1-7-20-10-15-16(18(4,5)6)14-9-12(19)8-13(11(2)3)17(14)21-15/h8-9,11,20H,7,10H2,1-6H3. The van der Waals surface area contributed by atoms with E-state index in [1.54, 1.807) is 0 Å². The van der Waals surface area contributed by atoms with Crippen LogP contribution in [-0.2, 0) is 12.0 Å². The first-order valence-electron chi connectivity index (χ1n) is 7.71. The van der Waals surface area contributed by atoms with Crippen LogP contribution in [0.25, 0.3) is 11.0 Å². The second-order valence-corrected chi connectivity index (χ2v) is 7.87. The highest BCUT2D eigenvalue weighted by Crippen LogP contribution is 2.40. The molecular formula is C18H26BrNO. The molecule has 1 heterocycles. The molecule has 0 unspecified atom stereocenters. The molecule has 0 radical (unpaired) electrons. The van der Waals surface area contributed by atoms with Crippen molar-refractivity contribution in [3.8, 4) is 0 Å². The quantitative estimate of drug-likeness (QED) is 0.761. The van der Waals surface area contributed by atoms with E-state index in [-0.39, 0.29) is 5.41 Å². The highest BCUT2D eigenvalue weighted by Gasteiger charge is 2.26. The molecule has 0 aliphatic rings. The third kappa shape index (κ3) is 3.35. The summed E-state index contributed by atoms with van der Waals surface area (Å²) in [5, 5.41) is 4.64. The van der Waals surface area contributed by atoms with E-state index in [4.69, 9.17) is 4.42 Å². The molecule has 0 aliphatic heterocycles. The zero-order valence-corrected chi connectivity index (χ0v) is 15.5. The molecule has 0 fully saturated rings. The summed E-state index contributed by atoms with van der Waals surface area (Å²) in [6.07, 6.45) is 0. The summed E-state index contributed by atoms with van der Waals surface area (Å²) < 4.78 is 7.42. The summed E-state index contributed by atoms with van der Waals surface area (Å²) in [7, 11) is 0. The van der Waals surface area contributed by atoms with Gasteiger partial charge in [-0.25, -0.2) is 0 Å². The lowest BCUT2D eigenvalue weighted by Gasteiger charge is -2.19. The average molecular weight is 352 g/mol. The lowest BCUT2D eigenvalue weighted by atomic mass is 9.84. The molecule has 1 N–H and O–H groups in total. The van der Waals surface area contributed by atoms with Gasteiger partial charge in [0.05, 0.1) is 6.54 Å². The van der Waals surface area contributed by atoms with Gasteiger partial charge >= 0.3 is 0 Å². The van der Waals surface area contributed by atoms with E-state index in [1.165, 1.54) is 16.5 Å². The number of rotatable bonds is 4. The Morgan fingerprint density at radius 1 is 1.24 bits per heavy atom. The van der Waals surface area contributed by atoms with Gasteiger partial charge in [0.1, 0.15) is 11.3 Å². The van der Waals surface area contributed by atoms with Gasteiger partial charge in [-0.15, -0.1) is 0 Å². The molecule has 2 rings (SSSR count). The van der Waals surface area contributed by atoms with Crippen LogP contribution in [0.4, 0.5) is 0 Å². The second-order valence-electron chi connectivity index (χ2n) is 6.96. The first kappa shape index (κ1) is 16.6. The zero-order valence-electron chi connectivity index (χ0n) is 13.9. The molecule has 0 aliphatic carbocycles. The van der Waals surface area contributed by atoms with Gasteiger partial charge in [0, 0.05) is 15.4 Å². The fourth-order valence-corrected chi connectivity index (χ4v) is 3.33. The summed E-state index contributed by atoms with van der Waals surface area (Å²) in [5.41, 5.74) is 3.70. The zero-order chi connectivity index (χ0) is 15.8. The van der Waals surface area contributed by atoms with E-state index < -0.39 is 0 Å². The molecule has 0 amide bonds. The highest BCUT2D eigenvalue weighted by molar-refractivity contribution is 9.10. The molecule has 1 aromatic heterocycles. The van der Waals surface area contributed by atoms with Crippen LogP contribution in [0, 0.1) is 0 Å². The van der Waals surface area contributed by atoms with Gasteiger partial charge in [0.25, 0.3) is 0 Å². The van der Waals surface area contributed by atoms with Crippen LogP contribution >= 0.6 is 15.9 Å². The molecule has 0 spiro atoms. The van der Waals surface area contributed by atoms with Crippen LogP contribution in [-0.4, -0.2) is 6.54 Å². The van der Waals surface area contributed by atoms with Crippen molar-refractivity contribution in [3.63, 3.8) is 0 Å². The molecule has 116 valence electrons. The molecule has 21 heavy (non-hydrogen) atoms. The summed E-state index contributed by atoms with van der Waals surface area (Å²) in [4.78, 5) is 0. The third-order valence-corrected chi connectivity index (χ3v) is 4.22. The number of halogens is 1. The summed E-state index contributed by atoms with van der Waals surface area (Å²) in [5.74, 6) is 1.51. The predicted molar refractivity (Wildman–Crippen MR) is 94.1 cm³/mol. The molecule has 3 heteroatoms. The minimum absolute atomic E-state index is 0.0606. The van der Waals surface area contributed by atoms with Crippen LogP contribution in [0.1, 0.15) is 64.3 Å². The van der Waals surface area contributed by atoms with Crippen molar-refractivity contribution in [2.24, 2.45) is 0 Å². The van der Waals surface area contributed by atoms with Gasteiger partial charge in [-0.3, -0.25) is 0 Å².